The molecule has 212 valence electrons. The van der Waals surface area contributed by atoms with Crippen molar-refractivity contribution in [2.75, 3.05) is 0 Å². The second-order valence-electron chi connectivity index (χ2n) is 11.9. The second-order valence-corrected chi connectivity index (χ2v) is 11.9. The van der Waals surface area contributed by atoms with Crippen LogP contribution in [0.4, 0.5) is 0 Å². The van der Waals surface area contributed by atoms with Crippen LogP contribution in [0.5, 0.6) is 0 Å². The molecule has 0 radical (unpaired) electrons. The Hall–Kier alpha value is -5.80. The van der Waals surface area contributed by atoms with Gasteiger partial charge in [0.15, 0.2) is 5.82 Å². The predicted octanol–water partition coefficient (Wildman–Crippen LogP) is 10.5. The van der Waals surface area contributed by atoms with Gasteiger partial charge in [0.25, 0.3) is 0 Å². The number of benzene rings is 6. The van der Waals surface area contributed by atoms with Gasteiger partial charge in [-0.2, -0.15) is 0 Å². The summed E-state index contributed by atoms with van der Waals surface area (Å²) in [5.41, 5.74) is 15.2. The number of fused-ring (bicyclic) bond motifs is 7. The fourth-order valence-corrected chi connectivity index (χ4v) is 7.02. The van der Waals surface area contributed by atoms with Gasteiger partial charge in [-0.1, -0.05) is 121 Å². The summed E-state index contributed by atoms with van der Waals surface area (Å²) in [5.74, 6) is 0.716. The molecule has 2 aromatic heterocycles. The topological polar surface area (TPSA) is 30.7 Å². The van der Waals surface area contributed by atoms with Gasteiger partial charge < -0.3 is 4.57 Å². The molecule has 1 aliphatic rings. The first kappa shape index (κ1) is 25.7. The summed E-state index contributed by atoms with van der Waals surface area (Å²) < 4.78 is 2.45. The first-order valence-electron chi connectivity index (χ1n) is 15.5. The molecule has 1 aliphatic carbocycles. The van der Waals surface area contributed by atoms with Crippen LogP contribution in [-0.2, 0) is 6.42 Å². The number of aromatic nitrogens is 3. The van der Waals surface area contributed by atoms with Crippen molar-refractivity contribution in [3.63, 3.8) is 0 Å². The Morgan fingerprint density at radius 2 is 1.27 bits per heavy atom. The number of hydrogen-bond donors (Lipinski definition) is 0. The van der Waals surface area contributed by atoms with Gasteiger partial charge >= 0.3 is 0 Å². The molecule has 0 amide bonds. The molecule has 2 heterocycles. The standard InChI is InChI=1S/C42H29N3/c1-27-11-9-15-30(23-27)39-26-38(28-12-3-2-4-13-28)43-42(44-39)31-16-10-17-32(24-31)45-40-20-8-7-19-35(40)36-22-21-34-33-18-6-5-14-29(33)25-37(34)41(36)45/h2-24,26H,25H2,1H3. The van der Waals surface area contributed by atoms with E-state index in [9.17, 15) is 0 Å². The van der Waals surface area contributed by atoms with Crippen LogP contribution < -0.4 is 0 Å². The van der Waals surface area contributed by atoms with Crippen LogP contribution in [0.1, 0.15) is 16.7 Å². The zero-order chi connectivity index (χ0) is 29.9. The molecule has 0 N–H and O–H groups in total. The third kappa shape index (κ3) is 4.20. The lowest BCUT2D eigenvalue weighted by atomic mass is 10.0. The molecule has 0 saturated carbocycles. The molecule has 0 atom stereocenters. The molecule has 0 aliphatic heterocycles. The van der Waals surface area contributed by atoms with Crippen molar-refractivity contribution >= 4 is 21.8 Å². The summed E-state index contributed by atoms with van der Waals surface area (Å²) in [5, 5.41) is 2.55. The molecule has 0 bridgehead atoms. The number of nitrogens with zero attached hydrogens (tertiary/aromatic N) is 3. The molecule has 3 nitrogen and oxygen atoms in total. The fraction of sp³-hybridized carbons (Fsp3) is 0.0476. The van der Waals surface area contributed by atoms with Crippen molar-refractivity contribution in [3.8, 4) is 50.7 Å². The highest BCUT2D eigenvalue weighted by atomic mass is 15.0. The van der Waals surface area contributed by atoms with Crippen molar-refractivity contribution in [2.45, 2.75) is 13.3 Å². The van der Waals surface area contributed by atoms with Gasteiger partial charge in [-0.3, -0.25) is 0 Å². The number of hydrogen-bond acceptors (Lipinski definition) is 2. The Bertz CT molecular complexity index is 2420. The van der Waals surface area contributed by atoms with E-state index in [1.165, 1.54) is 49.6 Å². The highest BCUT2D eigenvalue weighted by Crippen LogP contribution is 2.44. The Morgan fingerprint density at radius 1 is 0.533 bits per heavy atom. The zero-order valence-electron chi connectivity index (χ0n) is 24.9. The summed E-state index contributed by atoms with van der Waals surface area (Å²) in [7, 11) is 0. The van der Waals surface area contributed by atoms with Crippen molar-refractivity contribution in [1.29, 1.82) is 0 Å². The summed E-state index contributed by atoms with van der Waals surface area (Å²) in [6.45, 7) is 2.12. The maximum absolute atomic E-state index is 5.15. The first-order valence-corrected chi connectivity index (χ1v) is 15.5. The summed E-state index contributed by atoms with van der Waals surface area (Å²) in [6, 6.07) is 51.9. The van der Waals surface area contributed by atoms with E-state index >= 15 is 0 Å². The molecule has 0 saturated heterocycles. The zero-order valence-corrected chi connectivity index (χ0v) is 24.9. The Labute approximate surface area is 262 Å². The van der Waals surface area contributed by atoms with Crippen LogP contribution in [0.15, 0.2) is 146 Å². The number of aryl methyl sites for hydroxylation is 1. The lowest BCUT2D eigenvalue weighted by Crippen LogP contribution is -1.99. The fourth-order valence-electron chi connectivity index (χ4n) is 7.02. The van der Waals surface area contributed by atoms with Gasteiger partial charge in [0.2, 0.25) is 0 Å². The minimum atomic E-state index is 0.716. The highest BCUT2D eigenvalue weighted by Gasteiger charge is 2.24. The maximum atomic E-state index is 5.15. The van der Waals surface area contributed by atoms with Gasteiger partial charge in [0.1, 0.15) is 0 Å². The van der Waals surface area contributed by atoms with Crippen molar-refractivity contribution in [3.05, 3.63) is 162 Å². The summed E-state index contributed by atoms with van der Waals surface area (Å²) in [4.78, 5) is 10.3. The molecular formula is C42H29N3. The van der Waals surface area contributed by atoms with E-state index in [1.54, 1.807) is 0 Å². The van der Waals surface area contributed by atoms with Crippen LogP contribution in [0, 0.1) is 6.92 Å². The van der Waals surface area contributed by atoms with Crippen LogP contribution >= 0.6 is 0 Å². The average molecular weight is 576 g/mol. The van der Waals surface area contributed by atoms with Crippen molar-refractivity contribution in [1.82, 2.24) is 14.5 Å². The van der Waals surface area contributed by atoms with E-state index in [4.69, 9.17) is 9.97 Å². The molecule has 8 aromatic rings. The minimum absolute atomic E-state index is 0.716. The Morgan fingerprint density at radius 3 is 2.16 bits per heavy atom. The van der Waals surface area contributed by atoms with Crippen LogP contribution in [0.2, 0.25) is 0 Å². The van der Waals surface area contributed by atoms with E-state index in [2.05, 4.69) is 151 Å². The SMILES string of the molecule is Cc1cccc(-c2cc(-c3ccccc3)nc(-c3cccc(-n4c5ccccc5c5ccc6c(c54)Cc4ccccc4-6)c3)n2)c1. The third-order valence-electron chi connectivity index (χ3n) is 9.09. The van der Waals surface area contributed by atoms with Crippen molar-refractivity contribution < 1.29 is 0 Å². The monoisotopic (exact) mass is 575 g/mol. The summed E-state index contributed by atoms with van der Waals surface area (Å²) >= 11 is 0. The van der Waals surface area contributed by atoms with E-state index in [-0.39, 0.29) is 0 Å². The normalized spacial score (nSPS) is 12.0. The number of para-hydroxylation sites is 1. The molecule has 6 aromatic carbocycles. The van der Waals surface area contributed by atoms with Gasteiger partial charge in [-0.05, 0) is 59.5 Å². The Kier molecular flexibility index (Phi) is 5.79. The van der Waals surface area contributed by atoms with Crippen LogP contribution in [0.3, 0.4) is 0 Å². The number of rotatable bonds is 4. The van der Waals surface area contributed by atoms with E-state index in [0.29, 0.717) is 5.82 Å². The van der Waals surface area contributed by atoms with Gasteiger partial charge in [-0.15, -0.1) is 0 Å². The lowest BCUT2D eigenvalue weighted by Gasteiger charge is -2.13. The smallest absolute Gasteiger partial charge is 0.160 e. The molecule has 0 unspecified atom stereocenters. The van der Waals surface area contributed by atoms with Crippen LogP contribution in [-0.4, -0.2) is 14.5 Å². The quantitative estimate of drug-likeness (QED) is 0.209. The van der Waals surface area contributed by atoms with E-state index < -0.39 is 0 Å². The minimum Gasteiger partial charge on any atom is -0.309 e. The van der Waals surface area contributed by atoms with E-state index in [0.717, 1.165) is 40.2 Å². The first-order chi connectivity index (χ1) is 22.2. The van der Waals surface area contributed by atoms with E-state index in [1.807, 2.05) is 6.07 Å². The van der Waals surface area contributed by atoms with Crippen molar-refractivity contribution in [2.24, 2.45) is 0 Å². The molecule has 0 fully saturated rings. The summed E-state index contributed by atoms with van der Waals surface area (Å²) in [6.07, 6.45) is 0.931. The average Bonchev–Trinajstić information content (AvgIpc) is 3.65. The largest absolute Gasteiger partial charge is 0.309 e. The van der Waals surface area contributed by atoms with Crippen LogP contribution in [0.25, 0.3) is 72.5 Å². The molecule has 45 heavy (non-hydrogen) atoms. The molecular weight excluding hydrogens is 546 g/mol. The van der Waals surface area contributed by atoms with Gasteiger partial charge in [-0.25, -0.2) is 9.97 Å². The van der Waals surface area contributed by atoms with Gasteiger partial charge in [0.05, 0.1) is 22.4 Å². The second kappa shape index (κ2) is 10.1. The molecule has 3 heteroatoms. The highest BCUT2D eigenvalue weighted by molar-refractivity contribution is 6.12. The molecule has 9 rings (SSSR count). The van der Waals surface area contributed by atoms with Gasteiger partial charge in [0, 0.05) is 39.6 Å². The Balaban J connectivity index is 1.27. The lowest BCUT2D eigenvalue weighted by molar-refractivity contribution is 1.14. The maximum Gasteiger partial charge on any atom is 0.160 e. The molecule has 0 spiro atoms. The third-order valence-corrected chi connectivity index (χ3v) is 9.09. The predicted molar refractivity (Wildman–Crippen MR) is 186 cm³/mol.